The molecule has 2 heterocycles. The Hall–Kier alpha value is -1.91. The number of carbonyl (C=O) groups is 1. The quantitative estimate of drug-likeness (QED) is 0.179. The van der Waals surface area contributed by atoms with E-state index in [1.54, 1.807) is 0 Å². The van der Waals surface area contributed by atoms with Crippen molar-refractivity contribution in [3.8, 4) is 0 Å². The normalized spacial score (nSPS) is 11.7. The summed E-state index contributed by atoms with van der Waals surface area (Å²) in [6.45, 7) is 2.27. The van der Waals surface area contributed by atoms with Crippen LogP contribution in [0.1, 0.15) is 90.4 Å². The fourth-order valence-corrected chi connectivity index (χ4v) is 7.33. The maximum Gasteiger partial charge on any atom is 0.224 e. The monoisotopic (exact) mass is 479 g/mol. The second-order valence-corrected chi connectivity index (χ2v) is 11.4. The summed E-state index contributed by atoms with van der Waals surface area (Å²) >= 11 is 3.70. The number of amides is 1. The molecule has 33 heavy (non-hydrogen) atoms. The van der Waals surface area contributed by atoms with Gasteiger partial charge in [-0.3, -0.25) is 4.79 Å². The molecule has 2 nitrogen and oxygen atoms in total. The van der Waals surface area contributed by atoms with Crippen LogP contribution in [0.5, 0.6) is 0 Å². The fraction of sp³-hybridized carbons (Fsp3) is 0.483. The molecule has 0 aliphatic rings. The van der Waals surface area contributed by atoms with Crippen LogP contribution in [0.2, 0.25) is 0 Å². The number of hydrogen-bond donors (Lipinski definition) is 1. The van der Waals surface area contributed by atoms with Gasteiger partial charge < -0.3 is 5.32 Å². The molecule has 0 fully saturated rings. The Morgan fingerprint density at radius 2 is 1.27 bits per heavy atom. The molecule has 4 aromatic rings. The lowest BCUT2D eigenvalue weighted by Crippen LogP contribution is -2.10. The molecule has 1 N–H and O–H groups in total. The third kappa shape index (κ3) is 6.58. The van der Waals surface area contributed by atoms with Crippen molar-refractivity contribution in [1.82, 2.24) is 0 Å². The topological polar surface area (TPSA) is 29.1 Å². The van der Waals surface area contributed by atoms with E-state index >= 15 is 0 Å². The Bertz CT molecular complexity index is 1170. The van der Waals surface area contributed by atoms with Crippen molar-refractivity contribution >= 4 is 63.8 Å². The van der Waals surface area contributed by atoms with Crippen LogP contribution >= 0.6 is 22.7 Å². The lowest BCUT2D eigenvalue weighted by Gasteiger charge is -2.06. The highest BCUT2D eigenvalue weighted by molar-refractivity contribution is 7.36. The molecule has 0 aliphatic heterocycles. The van der Waals surface area contributed by atoms with Crippen LogP contribution in [0.15, 0.2) is 42.5 Å². The average molecular weight is 480 g/mol. The van der Waals surface area contributed by atoms with Gasteiger partial charge in [0.15, 0.2) is 0 Å². The first-order chi connectivity index (χ1) is 16.3. The zero-order valence-electron chi connectivity index (χ0n) is 20.0. The fourth-order valence-electron chi connectivity index (χ4n) is 4.63. The molecule has 2 aromatic heterocycles. The van der Waals surface area contributed by atoms with Gasteiger partial charge >= 0.3 is 0 Å². The van der Waals surface area contributed by atoms with Gasteiger partial charge in [-0.05, 0) is 24.6 Å². The van der Waals surface area contributed by atoms with Crippen LogP contribution in [0.3, 0.4) is 0 Å². The highest BCUT2D eigenvalue weighted by atomic mass is 32.1. The molecule has 4 rings (SSSR count). The molecule has 4 heteroatoms. The highest BCUT2D eigenvalue weighted by Gasteiger charge is 2.12. The summed E-state index contributed by atoms with van der Waals surface area (Å²) < 4.78 is 5.33. The molecule has 0 aliphatic carbocycles. The molecule has 1 amide bonds. The van der Waals surface area contributed by atoms with Crippen molar-refractivity contribution in [2.24, 2.45) is 0 Å². The summed E-state index contributed by atoms with van der Waals surface area (Å²) in [4.78, 5) is 12.4. The molecule has 0 saturated heterocycles. The van der Waals surface area contributed by atoms with E-state index < -0.39 is 0 Å². The maximum absolute atomic E-state index is 12.4. The van der Waals surface area contributed by atoms with Crippen LogP contribution in [-0.2, 0) is 4.79 Å². The number of benzene rings is 2. The van der Waals surface area contributed by atoms with E-state index in [0.29, 0.717) is 6.42 Å². The minimum absolute atomic E-state index is 0.144. The number of rotatable bonds is 14. The van der Waals surface area contributed by atoms with E-state index in [0.717, 1.165) is 18.5 Å². The van der Waals surface area contributed by atoms with Gasteiger partial charge in [0, 0.05) is 32.3 Å². The number of fused-ring (bicyclic) bond motifs is 5. The maximum atomic E-state index is 12.4. The molecule has 0 atom stereocenters. The van der Waals surface area contributed by atoms with Crippen LogP contribution in [-0.4, -0.2) is 5.91 Å². The zero-order valence-corrected chi connectivity index (χ0v) is 21.6. The number of hydrogen-bond acceptors (Lipinski definition) is 3. The number of carbonyl (C=O) groups excluding carboxylic acids is 1. The summed E-state index contributed by atoms with van der Waals surface area (Å²) in [5.74, 6) is 0.144. The van der Waals surface area contributed by atoms with Gasteiger partial charge in [-0.15, -0.1) is 22.7 Å². The summed E-state index contributed by atoms with van der Waals surface area (Å²) in [5, 5.41) is 5.76. The van der Waals surface area contributed by atoms with E-state index in [1.165, 1.54) is 93.8 Å². The van der Waals surface area contributed by atoms with Crippen molar-refractivity contribution in [2.45, 2.75) is 90.4 Å². The van der Waals surface area contributed by atoms with Crippen molar-refractivity contribution in [3.63, 3.8) is 0 Å². The van der Waals surface area contributed by atoms with E-state index in [9.17, 15) is 4.79 Å². The Morgan fingerprint density at radius 3 is 1.97 bits per heavy atom. The lowest BCUT2D eigenvalue weighted by molar-refractivity contribution is -0.116. The van der Waals surface area contributed by atoms with Crippen LogP contribution in [0.4, 0.5) is 5.69 Å². The Kier molecular flexibility index (Phi) is 9.19. The molecule has 176 valence electrons. The van der Waals surface area contributed by atoms with Gasteiger partial charge in [-0.25, -0.2) is 0 Å². The first kappa shape index (κ1) is 24.2. The van der Waals surface area contributed by atoms with Crippen molar-refractivity contribution in [3.05, 3.63) is 42.5 Å². The van der Waals surface area contributed by atoms with Crippen molar-refractivity contribution < 1.29 is 4.79 Å². The Labute approximate surface area is 206 Å². The van der Waals surface area contributed by atoms with Gasteiger partial charge in [-0.2, -0.15) is 0 Å². The van der Waals surface area contributed by atoms with E-state index in [2.05, 4.69) is 54.7 Å². The van der Waals surface area contributed by atoms with Gasteiger partial charge in [0.1, 0.15) is 0 Å². The standard InChI is InChI=1S/C29H37NOS2/c1-2-3-4-5-6-7-8-9-10-11-12-13-18-27(31)30-22-19-20-24-26(21-22)33-28-23-16-14-15-17-25(23)32-29(24)28/h14-17,19-21H,2-13,18H2,1H3,(H,30,31). The van der Waals surface area contributed by atoms with Crippen LogP contribution in [0.25, 0.3) is 29.6 Å². The van der Waals surface area contributed by atoms with E-state index in [-0.39, 0.29) is 5.91 Å². The lowest BCUT2D eigenvalue weighted by atomic mass is 10.0. The van der Waals surface area contributed by atoms with Gasteiger partial charge in [0.2, 0.25) is 5.91 Å². The third-order valence-corrected chi connectivity index (χ3v) is 9.05. The first-order valence-electron chi connectivity index (χ1n) is 12.9. The SMILES string of the molecule is CCCCCCCCCCCCCCC(=O)Nc1ccc2c(c1)sc1c3ccccc3sc21. The Balaban J connectivity index is 1.15. The predicted octanol–water partition coefficient (Wildman–Crippen LogP) is 10.3. The molecule has 0 bridgehead atoms. The second kappa shape index (κ2) is 12.5. The molecule has 0 saturated carbocycles. The summed E-state index contributed by atoms with van der Waals surface area (Å²) in [6.07, 6.45) is 16.5. The molecule has 0 unspecified atom stereocenters. The molecule has 2 aromatic carbocycles. The van der Waals surface area contributed by atoms with Gasteiger partial charge in [0.25, 0.3) is 0 Å². The number of nitrogens with one attached hydrogen (secondary N) is 1. The molecule has 0 spiro atoms. The smallest absolute Gasteiger partial charge is 0.224 e. The van der Waals surface area contributed by atoms with Gasteiger partial charge in [-0.1, -0.05) is 102 Å². The second-order valence-electron chi connectivity index (χ2n) is 9.26. The third-order valence-electron chi connectivity index (χ3n) is 6.53. The number of anilines is 1. The molecular weight excluding hydrogens is 442 g/mol. The van der Waals surface area contributed by atoms with Gasteiger partial charge in [0.05, 0.1) is 9.40 Å². The van der Waals surface area contributed by atoms with Crippen LogP contribution < -0.4 is 5.32 Å². The summed E-state index contributed by atoms with van der Waals surface area (Å²) in [7, 11) is 0. The molecular formula is C29H37NOS2. The van der Waals surface area contributed by atoms with Crippen LogP contribution in [0, 0.1) is 0 Å². The largest absolute Gasteiger partial charge is 0.326 e. The van der Waals surface area contributed by atoms with Crippen molar-refractivity contribution in [2.75, 3.05) is 5.32 Å². The predicted molar refractivity (Wildman–Crippen MR) is 149 cm³/mol. The summed E-state index contributed by atoms with van der Waals surface area (Å²) in [6, 6.07) is 15.0. The van der Waals surface area contributed by atoms with Crippen molar-refractivity contribution in [1.29, 1.82) is 0 Å². The first-order valence-corrected chi connectivity index (χ1v) is 14.5. The zero-order chi connectivity index (χ0) is 22.9. The average Bonchev–Trinajstić information content (AvgIpc) is 3.35. The van der Waals surface area contributed by atoms with E-state index in [4.69, 9.17) is 0 Å². The number of unbranched alkanes of at least 4 members (excludes halogenated alkanes) is 11. The summed E-state index contributed by atoms with van der Waals surface area (Å²) in [5.41, 5.74) is 0.921. The van der Waals surface area contributed by atoms with E-state index in [1.807, 2.05) is 22.7 Å². The Morgan fingerprint density at radius 1 is 0.697 bits per heavy atom. The minimum Gasteiger partial charge on any atom is -0.326 e. The molecule has 0 radical (unpaired) electrons. The highest BCUT2D eigenvalue weighted by Crippen LogP contribution is 2.44. The number of thiophene rings is 2. The minimum atomic E-state index is 0.144.